The van der Waals surface area contributed by atoms with Crippen LogP contribution in [0.1, 0.15) is 39.2 Å². The van der Waals surface area contributed by atoms with Crippen LogP contribution in [0.2, 0.25) is 0 Å². The Morgan fingerprint density at radius 2 is 1.83 bits per heavy atom. The van der Waals surface area contributed by atoms with E-state index in [1.807, 2.05) is 18.3 Å². The zero-order valence-corrected chi connectivity index (χ0v) is 20.5. The molecule has 2 fully saturated rings. The van der Waals surface area contributed by atoms with Crippen molar-refractivity contribution >= 4 is 34.8 Å². The van der Waals surface area contributed by atoms with Crippen LogP contribution in [0.4, 0.5) is 22.4 Å². The molecule has 0 unspecified atom stereocenters. The molecule has 0 saturated carbocycles. The van der Waals surface area contributed by atoms with Gasteiger partial charge in [-0.2, -0.15) is 4.98 Å². The average molecular weight is 480 g/mol. The highest BCUT2D eigenvalue weighted by atomic mass is 16.5. The molecule has 186 valence electrons. The maximum atomic E-state index is 12.5. The fourth-order valence-corrected chi connectivity index (χ4v) is 4.45. The van der Waals surface area contributed by atoms with Gasteiger partial charge in [0.2, 0.25) is 5.95 Å². The lowest BCUT2D eigenvalue weighted by molar-refractivity contribution is 0.122. The Morgan fingerprint density at radius 3 is 2.51 bits per heavy atom. The number of ether oxygens (including phenoxy) is 1. The van der Waals surface area contributed by atoms with Gasteiger partial charge in [-0.3, -0.25) is 5.32 Å². The third kappa shape index (κ3) is 5.29. The summed E-state index contributed by atoms with van der Waals surface area (Å²) in [6.07, 6.45) is 5.03. The van der Waals surface area contributed by atoms with Gasteiger partial charge < -0.3 is 24.8 Å². The molecule has 5 heterocycles. The summed E-state index contributed by atoms with van der Waals surface area (Å²) in [5.41, 5.74) is 2.68. The molecular weight excluding hydrogens is 446 g/mol. The van der Waals surface area contributed by atoms with Crippen molar-refractivity contribution in [3.05, 3.63) is 30.2 Å². The molecule has 3 N–H and O–H groups in total. The van der Waals surface area contributed by atoms with E-state index in [0.717, 1.165) is 61.9 Å². The number of aromatic nitrogens is 5. The molecule has 5 rings (SSSR count). The minimum atomic E-state index is -0.228. The molecule has 3 aromatic heterocycles. The molecular formula is C24H33N9O2. The molecule has 0 spiro atoms. The number of carbonyl (C=O) groups excluding carboxylic acids is 1. The topological polar surface area (TPSA) is 124 Å². The standard InChI is InChI=1S/C24H33N9O2/c1-24(2,3)16-4-5-18(25-14-16)29-23(34)28-17-6-8-33(9-7-17)22-30-19-20(31-22)26-15-27-21(19)32-10-12-35-13-11-32/h4-5,14-15,17H,6-13H2,1-3H3,(H2,25,28,29,34)(H,26,27,30,31). The van der Waals surface area contributed by atoms with Crippen molar-refractivity contribution in [2.45, 2.75) is 45.1 Å². The Morgan fingerprint density at radius 1 is 1.06 bits per heavy atom. The second kappa shape index (κ2) is 9.65. The van der Waals surface area contributed by atoms with Gasteiger partial charge in [0.05, 0.1) is 13.2 Å². The maximum absolute atomic E-state index is 12.5. The molecule has 11 nitrogen and oxygen atoms in total. The fraction of sp³-hybridized carbons (Fsp3) is 0.542. The molecule has 0 atom stereocenters. The normalized spacial score (nSPS) is 17.6. The van der Waals surface area contributed by atoms with Crippen molar-refractivity contribution in [2.24, 2.45) is 0 Å². The molecule has 2 aliphatic heterocycles. The number of H-pyrrole nitrogens is 1. The van der Waals surface area contributed by atoms with Crippen LogP contribution in [0, 0.1) is 0 Å². The first-order valence-corrected chi connectivity index (χ1v) is 12.2. The van der Waals surface area contributed by atoms with Crippen LogP contribution in [0.5, 0.6) is 0 Å². The lowest BCUT2D eigenvalue weighted by atomic mass is 9.88. The number of nitrogens with one attached hydrogen (secondary N) is 3. The molecule has 2 amide bonds. The van der Waals surface area contributed by atoms with E-state index in [1.165, 1.54) is 0 Å². The van der Waals surface area contributed by atoms with Crippen LogP contribution < -0.4 is 20.4 Å². The highest BCUT2D eigenvalue weighted by Gasteiger charge is 2.25. The van der Waals surface area contributed by atoms with Gasteiger partial charge in [-0.25, -0.2) is 19.7 Å². The van der Waals surface area contributed by atoms with Crippen molar-refractivity contribution in [1.29, 1.82) is 0 Å². The summed E-state index contributed by atoms with van der Waals surface area (Å²) in [7, 11) is 0. The van der Waals surface area contributed by atoms with Crippen LogP contribution in [0.3, 0.4) is 0 Å². The summed E-state index contributed by atoms with van der Waals surface area (Å²) in [4.78, 5) is 38.3. The predicted octanol–water partition coefficient (Wildman–Crippen LogP) is 2.67. The van der Waals surface area contributed by atoms with E-state index in [1.54, 1.807) is 6.33 Å². The van der Waals surface area contributed by atoms with Crippen molar-refractivity contribution in [2.75, 3.05) is 54.5 Å². The van der Waals surface area contributed by atoms with Crippen LogP contribution >= 0.6 is 0 Å². The number of urea groups is 1. The number of rotatable bonds is 4. The molecule has 2 aliphatic rings. The van der Waals surface area contributed by atoms with E-state index in [4.69, 9.17) is 9.72 Å². The molecule has 2 saturated heterocycles. The van der Waals surface area contributed by atoms with Gasteiger partial charge in [-0.1, -0.05) is 26.8 Å². The van der Waals surface area contributed by atoms with Gasteiger partial charge in [-0.05, 0) is 29.9 Å². The second-order valence-corrected chi connectivity index (χ2v) is 10.1. The number of nitrogens with zero attached hydrogens (tertiary/aromatic N) is 6. The SMILES string of the molecule is CC(C)(C)c1ccc(NC(=O)NC2CCN(c3nc4ncnc(N5CCOCC5)c4[nH]3)CC2)nc1. The summed E-state index contributed by atoms with van der Waals surface area (Å²) in [5.74, 6) is 2.21. The van der Waals surface area contributed by atoms with E-state index in [-0.39, 0.29) is 17.5 Å². The first-order chi connectivity index (χ1) is 16.9. The first-order valence-electron chi connectivity index (χ1n) is 12.2. The molecule has 11 heteroatoms. The monoisotopic (exact) mass is 479 g/mol. The zero-order valence-electron chi connectivity index (χ0n) is 20.5. The van der Waals surface area contributed by atoms with Gasteiger partial charge >= 0.3 is 6.03 Å². The Hall–Kier alpha value is -3.47. The zero-order chi connectivity index (χ0) is 24.4. The van der Waals surface area contributed by atoms with Crippen molar-refractivity contribution in [1.82, 2.24) is 30.2 Å². The third-order valence-corrected chi connectivity index (χ3v) is 6.57. The van der Waals surface area contributed by atoms with Crippen LogP contribution in [-0.4, -0.2) is 76.4 Å². The minimum Gasteiger partial charge on any atom is -0.378 e. The maximum Gasteiger partial charge on any atom is 0.320 e. The van der Waals surface area contributed by atoms with Gasteiger partial charge in [0, 0.05) is 38.4 Å². The number of piperidine rings is 1. The summed E-state index contributed by atoms with van der Waals surface area (Å²) >= 11 is 0. The summed E-state index contributed by atoms with van der Waals surface area (Å²) in [5, 5.41) is 5.92. The molecule has 0 radical (unpaired) electrons. The summed E-state index contributed by atoms with van der Waals surface area (Å²) in [6, 6.07) is 3.71. The summed E-state index contributed by atoms with van der Waals surface area (Å²) in [6.45, 7) is 11.0. The molecule has 0 aromatic carbocycles. The fourth-order valence-electron chi connectivity index (χ4n) is 4.45. The number of amides is 2. The third-order valence-electron chi connectivity index (χ3n) is 6.57. The van der Waals surface area contributed by atoms with Gasteiger partial charge in [0.15, 0.2) is 11.5 Å². The van der Waals surface area contributed by atoms with Gasteiger partial charge in [0.1, 0.15) is 17.7 Å². The highest BCUT2D eigenvalue weighted by molar-refractivity contribution is 5.88. The van der Waals surface area contributed by atoms with Crippen LogP contribution in [0.25, 0.3) is 11.2 Å². The first kappa shape index (κ1) is 23.3. The minimum absolute atomic E-state index is 0.0260. The number of hydrogen-bond acceptors (Lipinski definition) is 8. The van der Waals surface area contributed by atoms with Crippen LogP contribution in [-0.2, 0) is 10.2 Å². The van der Waals surface area contributed by atoms with E-state index in [9.17, 15) is 4.79 Å². The Bertz CT molecular complexity index is 1160. The molecule has 0 bridgehead atoms. The van der Waals surface area contributed by atoms with Crippen molar-refractivity contribution in [3.8, 4) is 0 Å². The van der Waals surface area contributed by atoms with E-state index in [0.29, 0.717) is 24.7 Å². The Balaban J connectivity index is 1.16. The number of anilines is 3. The lowest BCUT2D eigenvalue weighted by Gasteiger charge is -2.32. The van der Waals surface area contributed by atoms with E-state index >= 15 is 0 Å². The number of hydrogen-bond donors (Lipinski definition) is 3. The molecule has 0 aliphatic carbocycles. The van der Waals surface area contributed by atoms with Crippen LogP contribution in [0.15, 0.2) is 24.7 Å². The lowest BCUT2D eigenvalue weighted by Crippen LogP contribution is -2.46. The summed E-state index contributed by atoms with van der Waals surface area (Å²) < 4.78 is 5.46. The van der Waals surface area contributed by atoms with Gasteiger partial charge in [0.25, 0.3) is 0 Å². The van der Waals surface area contributed by atoms with Gasteiger partial charge in [-0.15, -0.1) is 0 Å². The van der Waals surface area contributed by atoms with Crippen molar-refractivity contribution < 1.29 is 9.53 Å². The van der Waals surface area contributed by atoms with E-state index in [2.05, 4.69) is 61.1 Å². The number of aromatic amines is 1. The highest BCUT2D eigenvalue weighted by Crippen LogP contribution is 2.26. The number of fused-ring (bicyclic) bond motifs is 1. The molecule has 35 heavy (non-hydrogen) atoms. The van der Waals surface area contributed by atoms with Crippen molar-refractivity contribution in [3.63, 3.8) is 0 Å². The number of morpholine rings is 1. The number of pyridine rings is 1. The van der Waals surface area contributed by atoms with E-state index < -0.39 is 0 Å². The predicted molar refractivity (Wildman–Crippen MR) is 135 cm³/mol. The quantitative estimate of drug-likeness (QED) is 0.522. The Kier molecular flexibility index (Phi) is 6.42. The molecule has 3 aromatic rings. The smallest absolute Gasteiger partial charge is 0.320 e. The second-order valence-electron chi connectivity index (χ2n) is 10.1. The number of imidazole rings is 1. The number of carbonyl (C=O) groups is 1. The average Bonchev–Trinajstić information content (AvgIpc) is 3.29. The Labute approximate surface area is 204 Å². The largest absolute Gasteiger partial charge is 0.378 e.